The van der Waals surface area contributed by atoms with Gasteiger partial charge in [0.15, 0.2) is 0 Å². The third-order valence-electron chi connectivity index (χ3n) is 4.29. The van der Waals surface area contributed by atoms with Crippen molar-refractivity contribution in [1.29, 1.82) is 0 Å². The van der Waals surface area contributed by atoms with Crippen molar-refractivity contribution in [2.24, 2.45) is 11.1 Å². The molecule has 112 valence electrons. The largest absolute Gasteiger partial charge is 0.330 e. The smallest absolute Gasteiger partial charge is 0.0408 e. The first-order valence-electron chi connectivity index (χ1n) is 7.69. The topological polar surface area (TPSA) is 29.3 Å². The molecule has 2 nitrogen and oxygen atoms in total. The van der Waals surface area contributed by atoms with Crippen LogP contribution in [0.25, 0.3) is 0 Å². The molecule has 1 aromatic carbocycles. The van der Waals surface area contributed by atoms with E-state index in [1.54, 1.807) is 0 Å². The van der Waals surface area contributed by atoms with Gasteiger partial charge in [-0.3, -0.25) is 4.90 Å². The molecule has 2 rings (SSSR count). The minimum absolute atomic E-state index is 0.171. The number of nitrogens with two attached hydrogens (primary N) is 1. The van der Waals surface area contributed by atoms with E-state index in [0.717, 1.165) is 31.1 Å². The van der Waals surface area contributed by atoms with Crippen molar-refractivity contribution in [3.63, 3.8) is 0 Å². The van der Waals surface area contributed by atoms with Gasteiger partial charge in [0.2, 0.25) is 0 Å². The Bertz CT molecular complexity index is 456. The number of halogens is 1. The molecule has 0 amide bonds. The summed E-state index contributed by atoms with van der Waals surface area (Å²) < 4.78 is 0. The van der Waals surface area contributed by atoms with Gasteiger partial charge in [-0.2, -0.15) is 0 Å². The quantitative estimate of drug-likeness (QED) is 0.858. The summed E-state index contributed by atoms with van der Waals surface area (Å²) >= 11 is 6.11. The van der Waals surface area contributed by atoms with Gasteiger partial charge in [-0.1, -0.05) is 38.4 Å². The van der Waals surface area contributed by atoms with Crippen LogP contribution < -0.4 is 5.73 Å². The van der Waals surface area contributed by atoms with Crippen molar-refractivity contribution in [3.05, 3.63) is 34.3 Å². The molecule has 0 fully saturated rings. The molecule has 0 spiro atoms. The number of hydrogen-bond donors (Lipinski definition) is 1. The average Bonchev–Trinajstić information content (AvgIpc) is 2.81. The highest BCUT2D eigenvalue weighted by Gasteiger charge is 2.30. The normalized spacial score (nSPS) is 18.6. The molecule has 1 aliphatic rings. The van der Waals surface area contributed by atoms with Gasteiger partial charge in [-0.15, -0.1) is 0 Å². The van der Waals surface area contributed by atoms with Crippen LogP contribution in [0.3, 0.4) is 0 Å². The van der Waals surface area contributed by atoms with Gasteiger partial charge >= 0.3 is 0 Å². The fraction of sp³-hybridized carbons (Fsp3) is 0.647. The number of nitrogens with zero attached hydrogens (tertiary/aromatic N) is 1. The average molecular weight is 295 g/mol. The summed E-state index contributed by atoms with van der Waals surface area (Å²) in [6.07, 6.45) is 3.53. The van der Waals surface area contributed by atoms with Crippen molar-refractivity contribution >= 4 is 11.6 Å². The molecule has 0 saturated carbocycles. The summed E-state index contributed by atoms with van der Waals surface area (Å²) in [6.45, 7) is 9.69. The number of hydrogen-bond acceptors (Lipinski definition) is 2. The van der Waals surface area contributed by atoms with E-state index >= 15 is 0 Å². The van der Waals surface area contributed by atoms with E-state index in [1.807, 2.05) is 6.07 Å². The lowest BCUT2D eigenvalue weighted by molar-refractivity contribution is 0.132. The second-order valence-corrected chi connectivity index (χ2v) is 7.17. The van der Waals surface area contributed by atoms with E-state index in [0.29, 0.717) is 6.04 Å². The number of aryl methyl sites for hydroxylation is 1. The summed E-state index contributed by atoms with van der Waals surface area (Å²) in [5, 5.41) is 0.855. The van der Waals surface area contributed by atoms with Crippen LogP contribution in [-0.2, 0) is 6.42 Å². The molecule has 0 bridgehead atoms. The molecule has 0 aliphatic heterocycles. The first kappa shape index (κ1) is 15.8. The Morgan fingerprint density at radius 2 is 2.15 bits per heavy atom. The molecule has 3 heteroatoms. The van der Waals surface area contributed by atoms with Gasteiger partial charge in [0, 0.05) is 17.6 Å². The summed E-state index contributed by atoms with van der Waals surface area (Å²) in [7, 11) is 0. The van der Waals surface area contributed by atoms with E-state index in [-0.39, 0.29) is 5.41 Å². The first-order valence-corrected chi connectivity index (χ1v) is 8.07. The van der Waals surface area contributed by atoms with E-state index in [1.165, 1.54) is 24.0 Å². The highest BCUT2D eigenvalue weighted by molar-refractivity contribution is 6.30. The fourth-order valence-corrected chi connectivity index (χ4v) is 3.38. The second kappa shape index (κ2) is 6.46. The predicted octanol–water partition coefficient (Wildman–Crippen LogP) is 4.02. The van der Waals surface area contributed by atoms with E-state index in [2.05, 4.69) is 37.8 Å². The van der Waals surface area contributed by atoms with Gasteiger partial charge in [-0.05, 0) is 61.0 Å². The number of fused-ring (bicyclic) bond motifs is 1. The van der Waals surface area contributed by atoms with Crippen molar-refractivity contribution < 1.29 is 0 Å². The summed E-state index contributed by atoms with van der Waals surface area (Å²) in [5.74, 6) is 0. The third kappa shape index (κ3) is 3.55. The van der Waals surface area contributed by atoms with Crippen LogP contribution in [-0.4, -0.2) is 24.5 Å². The lowest BCUT2D eigenvalue weighted by atomic mass is 9.91. The summed E-state index contributed by atoms with van der Waals surface area (Å²) in [5.41, 5.74) is 8.98. The maximum atomic E-state index is 6.11. The van der Waals surface area contributed by atoms with Crippen molar-refractivity contribution in [2.45, 2.75) is 46.1 Å². The molecule has 0 saturated heterocycles. The van der Waals surface area contributed by atoms with Crippen LogP contribution in [0.2, 0.25) is 5.02 Å². The maximum Gasteiger partial charge on any atom is 0.0408 e. The minimum atomic E-state index is 0.171. The van der Waals surface area contributed by atoms with Crippen LogP contribution in [0.4, 0.5) is 0 Å². The first-order chi connectivity index (χ1) is 9.46. The zero-order chi connectivity index (χ0) is 14.8. The predicted molar refractivity (Wildman–Crippen MR) is 87.2 cm³/mol. The molecular formula is C17H27ClN2. The maximum absolute atomic E-state index is 6.11. The molecule has 20 heavy (non-hydrogen) atoms. The van der Waals surface area contributed by atoms with E-state index < -0.39 is 0 Å². The zero-order valence-corrected chi connectivity index (χ0v) is 13.7. The Balaban J connectivity index is 2.20. The Kier molecular flexibility index (Phi) is 5.11. The number of rotatable bonds is 6. The molecule has 1 aliphatic carbocycles. The van der Waals surface area contributed by atoms with Crippen LogP contribution in [0, 0.1) is 5.41 Å². The second-order valence-electron chi connectivity index (χ2n) is 6.74. The lowest BCUT2D eigenvalue weighted by Gasteiger charge is -2.36. The Morgan fingerprint density at radius 1 is 1.40 bits per heavy atom. The molecule has 1 unspecified atom stereocenters. The van der Waals surface area contributed by atoms with Gasteiger partial charge < -0.3 is 5.73 Å². The SMILES string of the molecule is CCCN(CC(C)(C)CN)C1CCc2cc(Cl)ccc21. The van der Waals surface area contributed by atoms with Gasteiger partial charge in [0.05, 0.1) is 0 Å². The molecule has 1 aromatic rings. The van der Waals surface area contributed by atoms with Crippen molar-refractivity contribution in [2.75, 3.05) is 19.6 Å². The lowest BCUT2D eigenvalue weighted by Crippen LogP contribution is -2.40. The Hall–Kier alpha value is -0.570. The molecule has 0 heterocycles. The number of benzene rings is 1. The highest BCUT2D eigenvalue weighted by atomic mass is 35.5. The summed E-state index contributed by atoms with van der Waals surface area (Å²) in [6, 6.07) is 6.91. The molecule has 0 radical (unpaired) electrons. The van der Waals surface area contributed by atoms with Gasteiger partial charge in [0.25, 0.3) is 0 Å². The summed E-state index contributed by atoms with van der Waals surface area (Å²) in [4.78, 5) is 2.62. The molecular weight excluding hydrogens is 268 g/mol. The van der Waals surface area contributed by atoms with Crippen LogP contribution in [0.5, 0.6) is 0 Å². The van der Waals surface area contributed by atoms with Crippen LogP contribution in [0.15, 0.2) is 18.2 Å². The molecule has 2 N–H and O–H groups in total. The third-order valence-corrected chi connectivity index (χ3v) is 4.52. The monoisotopic (exact) mass is 294 g/mol. The van der Waals surface area contributed by atoms with Crippen LogP contribution in [0.1, 0.15) is 50.8 Å². The van der Waals surface area contributed by atoms with Gasteiger partial charge in [-0.25, -0.2) is 0 Å². The minimum Gasteiger partial charge on any atom is -0.330 e. The highest BCUT2D eigenvalue weighted by Crippen LogP contribution is 2.38. The van der Waals surface area contributed by atoms with Crippen LogP contribution >= 0.6 is 11.6 Å². The molecule has 0 aromatic heterocycles. The standard InChI is InChI=1S/C17H27ClN2/c1-4-9-20(12-17(2,3)11-19)16-8-5-13-10-14(18)6-7-15(13)16/h6-7,10,16H,4-5,8-9,11-12,19H2,1-3H3. The molecule has 1 atom stereocenters. The van der Waals surface area contributed by atoms with Gasteiger partial charge in [0.1, 0.15) is 0 Å². The van der Waals surface area contributed by atoms with Crippen molar-refractivity contribution in [1.82, 2.24) is 4.90 Å². The zero-order valence-electron chi connectivity index (χ0n) is 13.0. The van der Waals surface area contributed by atoms with Crippen molar-refractivity contribution in [3.8, 4) is 0 Å². The Labute approximate surface area is 128 Å². The van der Waals surface area contributed by atoms with E-state index in [4.69, 9.17) is 17.3 Å². The Morgan fingerprint density at radius 3 is 2.80 bits per heavy atom. The van der Waals surface area contributed by atoms with E-state index in [9.17, 15) is 0 Å². The fourth-order valence-electron chi connectivity index (χ4n) is 3.19.